The zero-order chi connectivity index (χ0) is 18.7. The van der Waals surface area contributed by atoms with Gasteiger partial charge in [0, 0.05) is 10.0 Å². The van der Waals surface area contributed by atoms with Crippen LogP contribution < -0.4 is 14.8 Å². The van der Waals surface area contributed by atoms with E-state index in [0.717, 1.165) is 16.2 Å². The molecule has 1 aliphatic heterocycles. The van der Waals surface area contributed by atoms with E-state index in [1.165, 1.54) is 0 Å². The van der Waals surface area contributed by atoms with E-state index in [0.29, 0.717) is 31.9 Å². The average Bonchev–Trinajstić information content (AvgIpc) is 2.94. The first kappa shape index (κ1) is 18.6. The van der Waals surface area contributed by atoms with Crippen LogP contribution in [0.1, 0.15) is 15.9 Å². The van der Waals surface area contributed by atoms with Crippen LogP contribution in [0.2, 0.25) is 0 Å². The lowest BCUT2D eigenvalue weighted by atomic mass is 10.1. The Hall–Kier alpha value is -2.16. The third kappa shape index (κ3) is 4.32. The first-order valence-electron chi connectivity index (χ1n) is 7.37. The molecule has 0 aromatic heterocycles. The minimum absolute atomic E-state index is 0.271. The quantitative estimate of drug-likeness (QED) is 0.327. The zero-order valence-corrected chi connectivity index (χ0v) is 16.7. The van der Waals surface area contributed by atoms with Gasteiger partial charge < -0.3 is 14.8 Å². The molecule has 0 aliphatic carbocycles. The summed E-state index contributed by atoms with van der Waals surface area (Å²) in [6.07, 6.45) is 1.64. The van der Waals surface area contributed by atoms with E-state index >= 15 is 0 Å². The van der Waals surface area contributed by atoms with Gasteiger partial charge in [0.25, 0.3) is 5.91 Å². The fourth-order valence-corrected chi connectivity index (χ4v) is 3.59. The summed E-state index contributed by atoms with van der Waals surface area (Å²) >= 11 is 9.54. The molecule has 1 aliphatic rings. The number of carbonyl (C=O) groups excluding carboxylic acids is 2. The molecule has 1 N–H and O–H groups in total. The van der Waals surface area contributed by atoms with Gasteiger partial charge in [0.05, 0.1) is 17.6 Å². The number of methoxy groups -OCH3 is 1. The minimum atomic E-state index is -0.506. The van der Waals surface area contributed by atoms with Crippen LogP contribution in [0.5, 0.6) is 11.5 Å². The summed E-state index contributed by atoms with van der Waals surface area (Å²) in [5, 5.41) is 2.55. The molecule has 5 nitrogen and oxygen atoms in total. The van der Waals surface area contributed by atoms with Gasteiger partial charge in [-0.05, 0) is 48.5 Å². The number of nitrogens with one attached hydrogen (secondary N) is 1. The highest BCUT2D eigenvalue weighted by molar-refractivity contribution is 9.10. The summed E-state index contributed by atoms with van der Waals surface area (Å²) in [6, 6.07) is 11.8. The van der Waals surface area contributed by atoms with Crippen LogP contribution in [-0.4, -0.2) is 23.3 Å². The standard InChI is InChI=1S/C18H12BrNO4S2/c1-23-13-5-2-10(3-6-13)17(22)24-14-7-4-12(19)8-11(14)9-15-16(21)20-18(25)26-15/h2-9H,1H3,(H,20,21,25)/b15-9-. The van der Waals surface area contributed by atoms with Crippen molar-refractivity contribution in [3.63, 3.8) is 0 Å². The van der Waals surface area contributed by atoms with Crippen LogP contribution >= 0.6 is 39.9 Å². The number of esters is 1. The molecular weight excluding hydrogens is 438 g/mol. The molecule has 8 heteroatoms. The number of benzene rings is 2. The maximum absolute atomic E-state index is 12.4. The SMILES string of the molecule is COc1ccc(C(=O)Oc2ccc(Br)cc2/C=C2\SC(=S)NC2=O)cc1. The number of rotatable bonds is 4. The van der Waals surface area contributed by atoms with Crippen molar-refractivity contribution < 1.29 is 19.1 Å². The molecule has 0 radical (unpaired) electrons. The lowest BCUT2D eigenvalue weighted by Crippen LogP contribution is -2.17. The Morgan fingerprint density at radius 1 is 1.23 bits per heavy atom. The molecule has 2 aromatic carbocycles. The van der Waals surface area contributed by atoms with E-state index in [1.54, 1.807) is 55.7 Å². The van der Waals surface area contributed by atoms with Crippen molar-refractivity contribution in [2.45, 2.75) is 0 Å². The van der Waals surface area contributed by atoms with Crippen molar-refractivity contribution in [2.24, 2.45) is 0 Å². The van der Waals surface area contributed by atoms with E-state index in [2.05, 4.69) is 21.2 Å². The van der Waals surface area contributed by atoms with Gasteiger partial charge in [-0.25, -0.2) is 4.79 Å². The first-order valence-corrected chi connectivity index (χ1v) is 9.38. The molecule has 3 rings (SSSR count). The topological polar surface area (TPSA) is 64.6 Å². The fraction of sp³-hybridized carbons (Fsp3) is 0.0556. The summed E-state index contributed by atoms with van der Waals surface area (Å²) in [5.41, 5.74) is 0.977. The van der Waals surface area contributed by atoms with Crippen molar-refractivity contribution >= 4 is 62.2 Å². The van der Waals surface area contributed by atoms with Crippen molar-refractivity contribution in [1.29, 1.82) is 0 Å². The first-order chi connectivity index (χ1) is 12.5. The second kappa shape index (κ2) is 8.03. The maximum Gasteiger partial charge on any atom is 0.343 e. The number of amides is 1. The molecule has 0 spiro atoms. The number of thiocarbonyl (C=S) groups is 1. The molecule has 0 unspecified atom stereocenters. The Bertz CT molecular complexity index is 925. The van der Waals surface area contributed by atoms with Crippen LogP contribution in [0.3, 0.4) is 0 Å². The van der Waals surface area contributed by atoms with Crippen LogP contribution in [0.25, 0.3) is 6.08 Å². The summed E-state index contributed by atoms with van der Waals surface area (Å²) in [5.74, 6) is 0.213. The van der Waals surface area contributed by atoms with E-state index in [9.17, 15) is 9.59 Å². The largest absolute Gasteiger partial charge is 0.497 e. The fourth-order valence-electron chi connectivity index (χ4n) is 2.17. The molecule has 0 saturated carbocycles. The molecule has 1 amide bonds. The second-order valence-corrected chi connectivity index (χ2v) is 7.79. The third-order valence-corrected chi connectivity index (χ3v) is 5.08. The van der Waals surface area contributed by atoms with Gasteiger partial charge in [0.15, 0.2) is 0 Å². The van der Waals surface area contributed by atoms with Crippen LogP contribution in [0.15, 0.2) is 51.8 Å². The van der Waals surface area contributed by atoms with Gasteiger partial charge in [-0.1, -0.05) is 39.9 Å². The smallest absolute Gasteiger partial charge is 0.343 e. The van der Waals surface area contributed by atoms with Gasteiger partial charge in [-0.2, -0.15) is 0 Å². The molecular formula is C18H12BrNO4S2. The maximum atomic E-state index is 12.4. The third-order valence-electron chi connectivity index (χ3n) is 3.43. The number of ether oxygens (including phenoxy) is 2. The Kier molecular flexibility index (Phi) is 5.75. The van der Waals surface area contributed by atoms with E-state index < -0.39 is 5.97 Å². The predicted molar refractivity (Wildman–Crippen MR) is 108 cm³/mol. The highest BCUT2D eigenvalue weighted by Gasteiger charge is 2.23. The molecule has 0 bridgehead atoms. The Labute approximate surface area is 167 Å². The molecule has 132 valence electrons. The number of hydrogen-bond acceptors (Lipinski definition) is 6. The van der Waals surface area contributed by atoms with Gasteiger partial charge in [-0.15, -0.1) is 0 Å². The van der Waals surface area contributed by atoms with Crippen LogP contribution in [0, 0.1) is 0 Å². The van der Waals surface area contributed by atoms with Crippen molar-refractivity contribution in [1.82, 2.24) is 5.32 Å². The highest BCUT2D eigenvalue weighted by atomic mass is 79.9. The summed E-state index contributed by atoms with van der Waals surface area (Å²) in [7, 11) is 1.55. The Balaban J connectivity index is 1.88. The summed E-state index contributed by atoms with van der Waals surface area (Å²) in [6.45, 7) is 0. The predicted octanol–water partition coefficient (Wildman–Crippen LogP) is 4.17. The van der Waals surface area contributed by atoms with E-state index in [-0.39, 0.29) is 5.91 Å². The molecule has 1 saturated heterocycles. The summed E-state index contributed by atoms with van der Waals surface area (Å²) < 4.78 is 11.8. The number of hydrogen-bond donors (Lipinski definition) is 1. The number of halogens is 1. The number of carbonyl (C=O) groups is 2. The molecule has 0 atom stereocenters. The molecule has 2 aromatic rings. The lowest BCUT2D eigenvalue weighted by molar-refractivity contribution is -0.115. The molecule has 1 heterocycles. The van der Waals surface area contributed by atoms with Crippen LogP contribution in [0.4, 0.5) is 0 Å². The lowest BCUT2D eigenvalue weighted by Gasteiger charge is -2.09. The minimum Gasteiger partial charge on any atom is -0.497 e. The Morgan fingerprint density at radius 2 is 1.96 bits per heavy atom. The van der Waals surface area contributed by atoms with Crippen molar-refractivity contribution in [3.05, 3.63) is 63.0 Å². The molecule has 26 heavy (non-hydrogen) atoms. The molecule has 1 fully saturated rings. The van der Waals surface area contributed by atoms with Gasteiger partial charge in [-0.3, -0.25) is 4.79 Å². The normalized spacial score (nSPS) is 15.1. The van der Waals surface area contributed by atoms with E-state index in [1.807, 2.05) is 0 Å². The highest BCUT2D eigenvalue weighted by Crippen LogP contribution is 2.31. The summed E-state index contributed by atoms with van der Waals surface area (Å²) in [4.78, 5) is 24.7. The van der Waals surface area contributed by atoms with Gasteiger partial charge >= 0.3 is 5.97 Å². The van der Waals surface area contributed by atoms with Crippen LogP contribution in [-0.2, 0) is 4.79 Å². The number of thioether (sulfide) groups is 1. The van der Waals surface area contributed by atoms with Gasteiger partial charge in [0.1, 0.15) is 15.8 Å². The Morgan fingerprint density at radius 3 is 2.58 bits per heavy atom. The van der Waals surface area contributed by atoms with Crippen molar-refractivity contribution in [3.8, 4) is 11.5 Å². The van der Waals surface area contributed by atoms with E-state index in [4.69, 9.17) is 21.7 Å². The van der Waals surface area contributed by atoms with Gasteiger partial charge in [0.2, 0.25) is 0 Å². The zero-order valence-electron chi connectivity index (χ0n) is 13.4. The van der Waals surface area contributed by atoms with Crippen molar-refractivity contribution in [2.75, 3.05) is 7.11 Å². The second-order valence-electron chi connectivity index (χ2n) is 5.15. The monoisotopic (exact) mass is 449 g/mol. The average molecular weight is 450 g/mol.